The lowest BCUT2D eigenvalue weighted by molar-refractivity contribution is -0.0493. The summed E-state index contributed by atoms with van der Waals surface area (Å²) in [7, 11) is 0. The lowest BCUT2D eigenvalue weighted by Crippen LogP contribution is -2.35. The van der Waals surface area contributed by atoms with Crippen LogP contribution >= 0.6 is 0 Å². The number of ether oxygens (including phenoxy) is 1. The van der Waals surface area contributed by atoms with E-state index >= 15 is 0 Å². The number of hydrogen-bond acceptors (Lipinski definition) is 6. The van der Waals surface area contributed by atoms with Crippen LogP contribution in [0, 0.1) is 12.8 Å². The van der Waals surface area contributed by atoms with E-state index in [0.717, 1.165) is 10.8 Å². The van der Waals surface area contributed by atoms with Crippen molar-refractivity contribution in [3.63, 3.8) is 0 Å². The minimum Gasteiger partial charge on any atom is -0.434 e. The van der Waals surface area contributed by atoms with E-state index in [1.807, 2.05) is 24.3 Å². The number of alkyl halides is 2. The summed E-state index contributed by atoms with van der Waals surface area (Å²) >= 11 is 0. The number of rotatable bonds is 5. The summed E-state index contributed by atoms with van der Waals surface area (Å²) in [5, 5.41) is 29.7. The van der Waals surface area contributed by atoms with E-state index in [-0.39, 0.29) is 11.7 Å². The molecule has 1 saturated carbocycles. The molecule has 3 N–H and O–H groups in total. The number of aromatic nitrogens is 3. The van der Waals surface area contributed by atoms with Crippen molar-refractivity contribution >= 4 is 22.2 Å². The fraction of sp³-hybridized carbons (Fsp3) is 0.261. The molecule has 9 heteroatoms. The van der Waals surface area contributed by atoms with E-state index in [1.54, 1.807) is 28.9 Å². The predicted octanol–water partition coefficient (Wildman–Crippen LogP) is 3.51. The first-order chi connectivity index (χ1) is 15.4. The van der Waals surface area contributed by atoms with Crippen molar-refractivity contribution in [3.8, 4) is 17.0 Å². The van der Waals surface area contributed by atoms with Crippen molar-refractivity contribution in [1.82, 2.24) is 14.6 Å². The minimum absolute atomic E-state index is 0.0193. The zero-order chi connectivity index (χ0) is 22.4. The molecule has 2 heterocycles. The molecule has 4 aromatic rings. The number of fused-ring (bicyclic) bond motifs is 2. The summed E-state index contributed by atoms with van der Waals surface area (Å²) in [5.74, 6) is 0.270. The van der Waals surface area contributed by atoms with Crippen LogP contribution in [0.3, 0.4) is 0 Å². The first-order valence-electron chi connectivity index (χ1n) is 10.2. The zero-order valence-corrected chi connectivity index (χ0v) is 16.9. The Morgan fingerprint density at radius 1 is 1.12 bits per heavy atom. The number of benzene rings is 2. The third kappa shape index (κ3) is 3.53. The number of halogens is 2. The highest BCUT2D eigenvalue weighted by atomic mass is 19.3. The van der Waals surface area contributed by atoms with E-state index in [2.05, 4.69) is 22.3 Å². The predicted molar refractivity (Wildman–Crippen MR) is 115 cm³/mol. The number of anilines is 1. The molecule has 5 rings (SSSR count). The molecule has 1 radical (unpaired) electrons. The van der Waals surface area contributed by atoms with Gasteiger partial charge in [-0.05, 0) is 42.2 Å². The van der Waals surface area contributed by atoms with Crippen LogP contribution < -0.4 is 10.1 Å². The molecular weight excluding hydrogens is 418 g/mol. The molecule has 0 bridgehead atoms. The van der Waals surface area contributed by atoms with Gasteiger partial charge in [-0.25, -0.2) is 4.98 Å². The molecule has 165 valence electrons. The van der Waals surface area contributed by atoms with Gasteiger partial charge in [-0.15, -0.1) is 0 Å². The lowest BCUT2D eigenvalue weighted by Gasteiger charge is -2.19. The van der Waals surface area contributed by atoms with Crippen molar-refractivity contribution < 1.29 is 23.7 Å². The van der Waals surface area contributed by atoms with Crippen LogP contribution in [0.1, 0.15) is 6.42 Å². The maximum Gasteiger partial charge on any atom is 0.387 e. The van der Waals surface area contributed by atoms with E-state index in [0.29, 0.717) is 29.1 Å². The molecule has 0 saturated heterocycles. The van der Waals surface area contributed by atoms with Crippen LogP contribution in [0.5, 0.6) is 5.75 Å². The van der Waals surface area contributed by atoms with Crippen LogP contribution in [0.25, 0.3) is 27.7 Å². The molecule has 0 aliphatic heterocycles. The average Bonchev–Trinajstić information content (AvgIpc) is 3.30. The second-order valence-corrected chi connectivity index (χ2v) is 7.90. The van der Waals surface area contributed by atoms with Crippen molar-refractivity contribution in [2.24, 2.45) is 5.92 Å². The van der Waals surface area contributed by atoms with Crippen LogP contribution in [-0.4, -0.2) is 49.7 Å². The average molecular weight is 439 g/mol. The zero-order valence-electron chi connectivity index (χ0n) is 16.9. The molecule has 1 aliphatic rings. The largest absolute Gasteiger partial charge is 0.434 e. The summed E-state index contributed by atoms with van der Waals surface area (Å²) in [6.45, 7) is 0.891. The standard InChI is InChI=1S/C23H21F2N4O3/c1-12-10-16(22(31)21(12)30)27-18-8-9-26-19-11-15(28-29(18)19)20-14-5-3-2-4-13(14)6-7-17(20)32-23(24)25/h2-9,11-12,16,21-23,27,30-31H,1,10H2/t12-,16-,21-,22+/m1/s1. The minimum atomic E-state index is -2.98. The molecule has 32 heavy (non-hydrogen) atoms. The number of hydrogen-bond donors (Lipinski definition) is 3. The second kappa shape index (κ2) is 7.99. The number of aliphatic hydroxyl groups excluding tert-OH is 2. The summed E-state index contributed by atoms with van der Waals surface area (Å²) in [4.78, 5) is 4.33. The topological polar surface area (TPSA) is 91.9 Å². The quantitative estimate of drug-likeness (QED) is 0.441. The van der Waals surface area contributed by atoms with Crippen LogP contribution in [-0.2, 0) is 0 Å². The Kier molecular flexibility index (Phi) is 5.15. The first-order valence-corrected chi connectivity index (χ1v) is 10.2. The summed E-state index contributed by atoms with van der Waals surface area (Å²) in [6.07, 6.45) is 0.181. The van der Waals surface area contributed by atoms with E-state index in [9.17, 15) is 19.0 Å². The van der Waals surface area contributed by atoms with Gasteiger partial charge in [0.2, 0.25) is 0 Å². The molecule has 0 amide bonds. The first kappa shape index (κ1) is 20.6. The van der Waals surface area contributed by atoms with Crippen LogP contribution in [0.15, 0.2) is 54.7 Å². The van der Waals surface area contributed by atoms with Gasteiger partial charge in [0.1, 0.15) is 17.7 Å². The van der Waals surface area contributed by atoms with Gasteiger partial charge in [0.15, 0.2) is 5.65 Å². The molecule has 2 aromatic heterocycles. The Balaban J connectivity index is 1.61. The Labute approximate surface area is 182 Å². The highest BCUT2D eigenvalue weighted by Crippen LogP contribution is 2.38. The fourth-order valence-electron chi connectivity index (χ4n) is 4.29. The van der Waals surface area contributed by atoms with Gasteiger partial charge in [-0.2, -0.15) is 18.4 Å². The normalized spacial score (nSPS) is 23.3. The van der Waals surface area contributed by atoms with E-state index in [1.165, 1.54) is 6.07 Å². The maximum absolute atomic E-state index is 13.1. The van der Waals surface area contributed by atoms with Gasteiger partial charge in [-0.1, -0.05) is 30.3 Å². The van der Waals surface area contributed by atoms with E-state index < -0.39 is 24.9 Å². The second-order valence-electron chi connectivity index (χ2n) is 7.90. The van der Waals surface area contributed by atoms with E-state index in [4.69, 9.17) is 4.74 Å². The van der Waals surface area contributed by atoms with Gasteiger partial charge in [0.05, 0.1) is 23.4 Å². The smallest absolute Gasteiger partial charge is 0.387 e. The van der Waals surface area contributed by atoms with Gasteiger partial charge in [0, 0.05) is 12.3 Å². The van der Waals surface area contributed by atoms with Crippen molar-refractivity contribution in [2.45, 2.75) is 31.3 Å². The van der Waals surface area contributed by atoms with Gasteiger partial charge in [-0.3, -0.25) is 0 Å². The molecule has 4 atom stereocenters. The Hall–Kier alpha value is -3.30. The Morgan fingerprint density at radius 2 is 1.94 bits per heavy atom. The summed E-state index contributed by atoms with van der Waals surface area (Å²) in [6, 6.07) is 13.6. The number of nitrogens with one attached hydrogen (secondary N) is 1. The summed E-state index contributed by atoms with van der Waals surface area (Å²) in [5.41, 5.74) is 1.34. The third-order valence-corrected chi connectivity index (χ3v) is 5.86. The van der Waals surface area contributed by atoms with Crippen LogP contribution in [0.4, 0.5) is 14.6 Å². The molecule has 0 unspecified atom stereocenters. The van der Waals surface area contributed by atoms with Gasteiger partial charge >= 0.3 is 6.61 Å². The van der Waals surface area contributed by atoms with Crippen molar-refractivity contribution in [2.75, 3.05) is 5.32 Å². The third-order valence-electron chi connectivity index (χ3n) is 5.86. The highest BCUT2D eigenvalue weighted by molar-refractivity contribution is 5.99. The fourth-order valence-corrected chi connectivity index (χ4v) is 4.29. The summed E-state index contributed by atoms with van der Waals surface area (Å²) < 4.78 is 32.5. The van der Waals surface area contributed by atoms with Crippen molar-refractivity contribution in [3.05, 3.63) is 61.7 Å². The van der Waals surface area contributed by atoms with Gasteiger partial charge in [0.25, 0.3) is 0 Å². The Bertz CT molecular complexity index is 1280. The lowest BCUT2D eigenvalue weighted by atomic mass is 10.0. The molecular formula is C23H21F2N4O3. The molecule has 1 fully saturated rings. The van der Waals surface area contributed by atoms with Crippen molar-refractivity contribution in [1.29, 1.82) is 0 Å². The monoisotopic (exact) mass is 439 g/mol. The van der Waals surface area contributed by atoms with Gasteiger partial charge < -0.3 is 20.3 Å². The maximum atomic E-state index is 13.1. The SMILES string of the molecule is [CH2][C@@H]1C[C@@H](Nc2ccnc3cc(-c4c(OC(F)F)ccc5ccccc45)nn23)[C@H](O)[C@@H]1O. The molecule has 7 nitrogen and oxygen atoms in total. The molecule has 0 spiro atoms. The van der Waals surface area contributed by atoms with Crippen LogP contribution in [0.2, 0.25) is 0 Å². The molecule has 2 aromatic carbocycles. The number of aliphatic hydroxyl groups is 2. The highest BCUT2D eigenvalue weighted by Gasteiger charge is 2.39. The Morgan fingerprint density at radius 3 is 2.69 bits per heavy atom. The molecule has 1 aliphatic carbocycles. The number of nitrogens with zero attached hydrogens (tertiary/aromatic N) is 3.